The molecule has 4 heteroatoms. The summed E-state index contributed by atoms with van der Waals surface area (Å²) in [4.78, 5) is 0. The Morgan fingerprint density at radius 3 is 2.77 bits per heavy atom. The lowest BCUT2D eigenvalue weighted by Gasteiger charge is -2.13. The molecule has 1 atom stereocenters. The molecule has 0 spiro atoms. The van der Waals surface area contributed by atoms with Gasteiger partial charge in [0.15, 0.2) is 0 Å². The van der Waals surface area contributed by atoms with Crippen LogP contribution in [0.4, 0.5) is 4.39 Å². The molecular weight excluding hydrogens is 193 g/mol. The Balaban J connectivity index is 2.95. The number of benzene rings is 1. The summed E-state index contributed by atoms with van der Waals surface area (Å²) in [5.74, 6) is -0.446. The molecule has 0 amide bonds. The van der Waals surface area contributed by atoms with Crippen LogP contribution in [-0.2, 0) is 0 Å². The van der Waals surface area contributed by atoms with E-state index in [4.69, 9.17) is 16.7 Å². The average Bonchev–Trinajstić information content (AvgIpc) is 2.13. The molecule has 1 rings (SSSR count). The van der Waals surface area contributed by atoms with E-state index in [1.165, 1.54) is 12.1 Å². The van der Waals surface area contributed by atoms with Crippen LogP contribution in [-0.4, -0.2) is 18.8 Å². The van der Waals surface area contributed by atoms with Crippen LogP contribution < -0.4 is 5.32 Å². The first-order valence-corrected chi connectivity index (χ1v) is 4.30. The van der Waals surface area contributed by atoms with Gasteiger partial charge in [-0.1, -0.05) is 17.7 Å². The van der Waals surface area contributed by atoms with Crippen LogP contribution in [0.1, 0.15) is 11.6 Å². The molecular formula is C9H11ClFNO. The summed E-state index contributed by atoms with van der Waals surface area (Å²) in [6.45, 7) is -0.0432. The third-order valence-electron chi connectivity index (χ3n) is 1.88. The van der Waals surface area contributed by atoms with E-state index in [1.807, 2.05) is 0 Å². The normalized spacial score (nSPS) is 12.9. The zero-order chi connectivity index (χ0) is 9.84. The van der Waals surface area contributed by atoms with Crippen molar-refractivity contribution in [3.05, 3.63) is 34.6 Å². The van der Waals surface area contributed by atoms with Crippen molar-refractivity contribution in [3.8, 4) is 0 Å². The summed E-state index contributed by atoms with van der Waals surface area (Å²) in [6, 6.07) is 4.20. The summed E-state index contributed by atoms with van der Waals surface area (Å²) in [5.41, 5.74) is 0.774. The van der Waals surface area contributed by atoms with Gasteiger partial charge >= 0.3 is 0 Å². The lowest BCUT2D eigenvalue weighted by molar-refractivity contribution is 0.251. The summed E-state index contributed by atoms with van der Waals surface area (Å²) in [6.07, 6.45) is 0. The zero-order valence-electron chi connectivity index (χ0n) is 7.22. The third-order valence-corrected chi connectivity index (χ3v) is 2.17. The van der Waals surface area contributed by atoms with E-state index in [2.05, 4.69) is 5.32 Å². The van der Waals surface area contributed by atoms with Gasteiger partial charge in [0.1, 0.15) is 5.82 Å². The standard InChI is InChI=1S/C9H11ClFNO/c1-12-9(5-13)6-2-3-8(11)7(10)4-6/h2-4,9,12-13H,5H2,1H3. The van der Waals surface area contributed by atoms with Crippen LogP contribution in [0.15, 0.2) is 18.2 Å². The number of rotatable bonds is 3. The number of nitrogens with one attached hydrogen (secondary N) is 1. The van der Waals surface area contributed by atoms with Crippen molar-refractivity contribution < 1.29 is 9.50 Å². The fourth-order valence-electron chi connectivity index (χ4n) is 1.09. The molecule has 0 aliphatic rings. The number of aliphatic hydroxyl groups excluding tert-OH is 1. The Labute approximate surface area is 81.3 Å². The second-order valence-electron chi connectivity index (χ2n) is 2.70. The molecule has 0 fully saturated rings. The number of hydrogen-bond donors (Lipinski definition) is 2. The number of halogens is 2. The van der Waals surface area contributed by atoms with Gasteiger partial charge in [0.2, 0.25) is 0 Å². The number of hydrogen-bond acceptors (Lipinski definition) is 2. The van der Waals surface area contributed by atoms with Gasteiger partial charge in [-0.2, -0.15) is 0 Å². The highest BCUT2D eigenvalue weighted by Gasteiger charge is 2.09. The summed E-state index contributed by atoms with van der Waals surface area (Å²) in [7, 11) is 1.72. The van der Waals surface area contributed by atoms with Crippen molar-refractivity contribution in [2.45, 2.75) is 6.04 Å². The predicted molar refractivity (Wildman–Crippen MR) is 50.3 cm³/mol. The highest BCUT2D eigenvalue weighted by Crippen LogP contribution is 2.20. The molecule has 0 saturated carbocycles. The molecule has 1 aromatic carbocycles. The van der Waals surface area contributed by atoms with Crippen molar-refractivity contribution >= 4 is 11.6 Å². The summed E-state index contributed by atoms with van der Waals surface area (Å²) >= 11 is 5.59. The molecule has 0 saturated heterocycles. The van der Waals surface area contributed by atoms with E-state index in [-0.39, 0.29) is 17.7 Å². The number of aliphatic hydroxyl groups is 1. The maximum Gasteiger partial charge on any atom is 0.141 e. The maximum absolute atomic E-state index is 12.8. The zero-order valence-corrected chi connectivity index (χ0v) is 7.98. The van der Waals surface area contributed by atoms with Crippen LogP contribution in [0.5, 0.6) is 0 Å². The second-order valence-corrected chi connectivity index (χ2v) is 3.10. The Bertz CT molecular complexity index is 289. The fourth-order valence-corrected chi connectivity index (χ4v) is 1.28. The quantitative estimate of drug-likeness (QED) is 0.784. The van der Waals surface area contributed by atoms with Crippen molar-refractivity contribution in [1.82, 2.24) is 5.32 Å². The van der Waals surface area contributed by atoms with Gasteiger partial charge in [-0.3, -0.25) is 0 Å². The molecule has 72 valence electrons. The Morgan fingerprint density at radius 1 is 1.62 bits per heavy atom. The van der Waals surface area contributed by atoms with Crippen LogP contribution in [0.2, 0.25) is 5.02 Å². The molecule has 0 aliphatic carbocycles. The van der Waals surface area contributed by atoms with Crippen molar-refractivity contribution in [2.24, 2.45) is 0 Å². The van der Waals surface area contributed by atoms with Gasteiger partial charge in [0, 0.05) is 0 Å². The van der Waals surface area contributed by atoms with Crippen LogP contribution in [0, 0.1) is 5.82 Å². The van der Waals surface area contributed by atoms with Crippen LogP contribution in [0.3, 0.4) is 0 Å². The predicted octanol–water partition coefficient (Wildman–Crippen LogP) is 1.73. The van der Waals surface area contributed by atoms with Crippen LogP contribution in [0.25, 0.3) is 0 Å². The molecule has 1 aromatic rings. The van der Waals surface area contributed by atoms with Crippen molar-refractivity contribution in [1.29, 1.82) is 0 Å². The molecule has 0 aliphatic heterocycles. The second kappa shape index (κ2) is 4.56. The van der Waals surface area contributed by atoms with E-state index < -0.39 is 5.82 Å². The van der Waals surface area contributed by atoms with Gasteiger partial charge in [-0.15, -0.1) is 0 Å². The third kappa shape index (κ3) is 2.40. The van der Waals surface area contributed by atoms with Gasteiger partial charge in [0.25, 0.3) is 0 Å². The first-order chi connectivity index (χ1) is 6.19. The van der Waals surface area contributed by atoms with Gasteiger partial charge < -0.3 is 10.4 Å². The minimum absolute atomic E-state index is 0.0432. The van der Waals surface area contributed by atoms with Crippen LogP contribution >= 0.6 is 11.6 Å². The van der Waals surface area contributed by atoms with Crippen molar-refractivity contribution in [2.75, 3.05) is 13.7 Å². The maximum atomic E-state index is 12.8. The minimum Gasteiger partial charge on any atom is -0.394 e. The SMILES string of the molecule is CNC(CO)c1ccc(F)c(Cl)c1. The van der Waals surface area contributed by atoms with E-state index in [1.54, 1.807) is 13.1 Å². The molecule has 0 heterocycles. The largest absolute Gasteiger partial charge is 0.394 e. The average molecular weight is 204 g/mol. The monoisotopic (exact) mass is 203 g/mol. The molecule has 2 N–H and O–H groups in total. The molecule has 0 bridgehead atoms. The molecule has 0 radical (unpaired) electrons. The minimum atomic E-state index is -0.446. The highest BCUT2D eigenvalue weighted by atomic mass is 35.5. The van der Waals surface area contributed by atoms with E-state index in [0.717, 1.165) is 5.56 Å². The fraction of sp³-hybridized carbons (Fsp3) is 0.333. The lowest BCUT2D eigenvalue weighted by atomic mass is 10.1. The molecule has 0 aromatic heterocycles. The molecule has 2 nitrogen and oxygen atoms in total. The van der Waals surface area contributed by atoms with Gasteiger partial charge in [0.05, 0.1) is 17.7 Å². The van der Waals surface area contributed by atoms with E-state index >= 15 is 0 Å². The first kappa shape index (κ1) is 10.4. The first-order valence-electron chi connectivity index (χ1n) is 3.92. The number of likely N-dealkylation sites (N-methyl/N-ethyl adjacent to an activating group) is 1. The summed E-state index contributed by atoms with van der Waals surface area (Å²) in [5, 5.41) is 11.9. The van der Waals surface area contributed by atoms with E-state index in [9.17, 15) is 4.39 Å². The van der Waals surface area contributed by atoms with E-state index in [0.29, 0.717) is 0 Å². The topological polar surface area (TPSA) is 32.3 Å². The van der Waals surface area contributed by atoms with Gasteiger partial charge in [-0.25, -0.2) is 4.39 Å². The molecule has 1 unspecified atom stereocenters. The van der Waals surface area contributed by atoms with Crippen molar-refractivity contribution in [3.63, 3.8) is 0 Å². The smallest absolute Gasteiger partial charge is 0.141 e. The Morgan fingerprint density at radius 2 is 2.31 bits per heavy atom. The Kier molecular flexibility index (Phi) is 3.66. The lowest BCUT2D eigenvalue weighted by Crippen LogP contribution is -2.19. The Hall–Kier alpha value is -0.640. The highest BCUT2D eigenvalue weighted by molar-refractivity contribution is 6.30. The van der Waals surface area contributed by atoms with Gasteiger partial charge in [-0.05, 0) is 24.7 Å². The summed E-state index contributed by atoms with van der Waals surface area (Å²) < 4.78 is 12.8. The molecule has 13 heavy (non-hydrogen) atoms.